The van der Waals surface area contributed by atoms with Crippen molar-refractivity contribution in [3.8, 4) is 0 Å². The maximum atomic E-state index is 5.91. The molecule has 1 aliphatic rings. The smallest absolute Gasteiger partial charge is 0.157 e. The molecule has 2 aromatic rings. The SMILES string of the molecule is CC=Cc1oc2ccccc2c1CCOC1CCCCO1. The van der Waals surface area contributed by atoms with E-state index in [0.717, 1.165) is 37.2 Å². The number of hydrogen-bond acceptors (Lipinski definition) is 3. The van der Waals surface area contributed by atoms with Gasteiger partial charge in [-0.15, -0.1) is 0 Å². The summed E-state index contributed by atoms with van der Waals surface area (Å²) in [5, 5.41) is 1.18. The van der Waals surface area contributed by atoms with Gasteiger partial charge in [-0.05, 0) is 38.3 Å². The Bertz CT molecular complexity index is 606. The highest BCUT2D eigenvalue weighted by Gasteiger charge is 2.16. The predicted octanol–water partition coefficient (Wildman–Crippen LogP) is 4.55. The summed E-state index contributed by atoms with van der Waals surface area (Å²) in [6, 6.07) is 8.17. The van der Waals surface area contributed by atoms with E-state index in [4.69, 9.17) is 13.9 Å². The van der Waals surface area contributed by atoms with Crippen LogP contribution in [-0.2, 0) is 15.9 Å². The Morgan fingerprint density at radius 1 is 1.29 bits per heavy atom. The Morgan fingerprint density at radius 3 is 3.00 bits per heavy atom. The number of para-hydroxylation sites is 1. The highest BCUT2D eigenvalue weighted by molar-refractivity contribution is 5.84. The van der Waals surface area contributed by atoms with E-state index in [1.807, 2.05) is 37.3 Å². The molecule has 1 aliphatic heterocycles. The number of furan rings is 1. The summed E-state index contributed by atoms with van der Waals surface area (Å²) >= 11 is 0. The summed E-state index contributed by atoms with van der Waals surface area (Å²) in [6.45, 7) is 3.49. The molecule has 0 saturated carbocycles. The number of rotatable bonds is 5. The van der Waals surface area contributed by atoms with Crippen molar-refractivity contribution in [1.82, 2.24) is 0 Å². The second-order valence-corrected chi connectivity index (χ2v) is 5.36. The molecule has 3 heteroatoms. The minimum Gasteiger partial charge on any atom is -0.456 e. The van der Waals surface area contributed by atoms with Gasteiger partial charge in [-0.1, -0.05) is 24.3 Å². The Balaban J connectivity index is 1.71. The van der Waals surface area contributed by atoms with Gasteiger partial charge in [-0.25, -0.2) is 0 Å². The third-order valence-electron chi connectivity index (χ3n) is 3.84. The van der Waals surface area contributed by atoms with Crippen LogP contribution in [0.5, 0.6) is 0 Å². The van der Waals surface area contributed by atoms with Crippen molar-refractivity contribution in [3.05, 3.63) is 41.7 Å². The molecule has 1 saturated heterocycles. The van der Waals surface area contributed by atoms with Crippen molar-refractivity contribution in [1.29, 1.82) is 0 Å². The molecule has 1 fully saturated rings. The van der Waals surface area contributed by atoms with E-state index in [0.29, 0.717) is 6.61 Å². The summed E-state index contributed by atoms with van der Waals surface area (Å²) in [6.07, 6.45) is 8.20. The first-order valence-electron chi connectivity index (χ1n) is 7.75. The highest BCUT2D eigenvalue weighted by Crippen LogP contribution is 2.27. The van der Waals surface area contributed by atoms with Gasteiger partial charge in [0.05, 0.1) is 6.61 Å². The molecule has 1 aromatic heterocycles. The predicted molar refractivity (Wildman–Crippen MR) is 84.2 cm³/mol. The van der Waals surface area contributed by atoms with E-state index >= 15 is 0 Å². The van der Waals surface area contributed by atoms with Crippen molar-refractivity contribution in [2.75, 3.05) is 13.2 Å². The van der Waals surface area contributed by atoms with E-state index in [1.165, 1.54) is 17.4 Å². The molecule has 2 heterocycles. The van der Waals surface area contributed by atoms with Crippen molar-refractivity contribution >= 4 is 17.0 Å². The molecule has 3 nitrogen and oxygen atoms in total. The largest absolute Gasteiger partial charge is 0.456 e. The minimum atomic E-state index is -0.0258. The fourth-order valence-electron chi connectivity index (χ4n) is 2.80. The van der Waals surface area contributed by atoms with Crippen molar-refractivity contribution in [3.63, 3.8) is 0 Å². The number of hydrogen-bond donors (Lipinski definition) is 0. The monoisotopic (exact) mass is 286 g/mol. The van der Waals surface area contributed by atoms with Crippen LogP contribution in [0.3, 0.4) is 0 Å². The molecule has 0 aliphatic carbocycles. The molecule has 0 bridgehead atoms. The Morgan fingerprint density at radius 2 is 2.19 bits per heavy atom. The first kappa shape index (κ1) is 14.4. The Labute approximate surface area is 125 Å². The first-order chi connectivity index (χ1) is 10.4. The van der Waals surface area contributed by atoms with E-state index < -0.39 is 0 Å². The molecule has 21 heavy (non-hydrogen) atoms. The van der Waals surface area contributed by atoms with Gasteiger partial charge in [0.15, 0.2) is 6.29 Å². The number of ether oxygens (including phenoxy) is 2. The summed E-state index contributed by atoms with van der Waals surface area (Å²) in [7, 11) is 0. The summed E-state index contributed by atoms with van der Waals surface area (Å²) in [5.41, 5.74) is 2.16. The minimum absolute atomic E-state index is 0.0258. The van der Waals surface area contributed by atoms with E-state index in [-0.39, 0.29) is 6.29 Å². The third kappa shape index (κ3) is 3.36. The van der Waals surface area contributed by atoms with Crippen LogP contribution in [0, 0.1) is 0 Å². The van der Waals surface area contributed by atoms with Crippen LogP contribution in [0.2, 0.25) is 0 Å². The fourth-order valence-corrected chi connectivity index (χ4v) is 2.80. The average molecular weight is 286 g/mol. The molecular weight excluding hydrogens is 264 g/mol. The molecule has 1 unspecified atom stereocenters. The number of allylic oxidation sites excluding steroid dienone is 1. The van der Waals surface area contributed by atoms with Crippen molar-refractivity contribution in [2.24, 2.45) is 0 Å². The van der Waals surface area contributed by atoms with Crippen LogP contribution >= 0.6 is 0 Å². The van der Waals surface area contributed by atoms with Crippen LogP contribution in [0.25, 0.3) is 17.0 Å². The van der Waals surface area contributed by atoms with Gasteiger partial charge >= 0.3 is 0 Å². The number of benzene rings is 1. The van der Waals surface area contributed by atoms with Gasteiger partial charge in [0, 0.05) is 24.0 Å². The van der Waals surface area contributed by atoms with E-state index in [9.17, 15) is 0 Å². The molecule has 1 atom stereocenters. The maximum absolute atomic E-state index is 5.91. The highest BCUT2D eigenvalue weighted by atomic mass is 16.7. The summed E-state index contributed by atoms with van der Waals surface area (Å²) in [5.74, 6) is 0.937. The van der Waals surface area contributed by atoms with Crippen molar-refractivity contribution < 1.29 is 13.9 Å². The Hall–Kier alpha value is -1.58. The van der Waals surface area contributed by atoms with Gasteiger partial charge in [-0.2, -0.15) is 0 Å². The van der Waals surface area contributed by atoms with Crippen molar-refractivity contribution in [2.45, 2.75) is 38.9 Å². The summed E-state index contributed by atoms with van der Waals surface area (Å²) < 4.78 is 17.4. The maximum Gasteiger partial charge on any atom is 0.157 e. The zero-order valence-electron chi connectivity index (χ0n) is 12.5. The molecule has 0 radical (unpaired) electrons. The third-order valence-corrected chi connectivity index (χ3v) is 3.84. The number of fused-ring (bicyclic) bond motifs is 1. The van der Waals surface area contributed by atoms with E-state index in [1.54, 1.807) is 0 Å². The van der Waals surface area contributed by atoms with Crippen LogP contribution in [0.4, 0.5) is 0 Å². The molecule has 1 aromatic carbocycles. The fraction of sp³-hybridized carbons (Fsp3) is 0.444. The Kier molecular flexibility index (Phi) is 4.73. The van der Waals surface area contributed by atoms with Crippen LogP contribution in [0.15, 0.2) is 34.8 Å². The standard InChI is InChI=1S/C18H22O3/c1-2-7-16-15(14-8-3-4-9-17(14)21-16)11-13-20-18-10-5-6-12-19-18/h2-4,7-9,18H,5-6,10-13H2,1H3. The second-order valence-electron chi connectivity index (χ2n) is 5.36. The zero-order valence-corrected chi connectivity index (χ0v) is 12.5. The van der Waals surface area contributed by atoms with Gasteiger partial charge in [0.2, 0.25) is 0 Å². The molecule has 0 spiro atoms. The average Bonchev–Trinajstić information content (AvgIpc) is 2.87. The molecule has 112 valence electrons. The molecular formula is C18H22O3. The quantitative estimate of drug-likeness (QED) is 0.808. The molecule has 0 N–H and O–H groups in total. The lowest BCUT2D eigenvalue weighted by Gasteiger charge is -2.22. The lowest BCUT2D eigenvalue weighted by Crippen LogP contribution is -2.23. The van der Waals surface area contributed by atoms with Crippen LogP contribution < -0.4 is 0 Å². The van der Waals surface area contributed by atoms with Gasteiger partial charge in [0.1, 0.15) is 11.3 Å². The lowest BCUT2D eigenvalue weighted by atomic mass is 10.1. The van der Waals surface area contributed by atoms with Gasteiger partial charge in [0.25, 0.3) is 0 Å². The normalized spacial score (nSPS) is 19.6. The zero-order chi connectivity index (χ0) is 14.5. The summed E-state index contributed by atoms with van der Waals surface area (Å²) in [4.78, 5) is 0. The van der Waals surface area contributed by atoms with Crippen LogP contribution in [0.1, 0.15) is 37.5 Å². The van der Waals surface area contributed by atoms with Crippen LogP contribution in [-0.4, -0.2) is 19.5 Å². The van der Waals surface area contributed by atoms with Gasteiger partial charge in [-0.3, -0.25) is 0 Å². The molecule has 0 amide bonds. The lowest BCUT2D eigenvalue weighted by molar-refractivity contribution is -0.161. The van der Waals surface area contributed by atoms with E-state index in [2.05, 4.69) is 6.07 Å². The molecule has 3 rings (SSSR count). The first-order valence-corrected chi connectivity index (χ1v) is 7.75. The van der Waals surface area contributed by atoms with Gasteiger partial charge < -0.3 is 13.9 Å². The topological polar surface area (TPSA) is 31.6 Å². The second kappa shape index (κ2) is 6.92.